The molecule has 3 heterocycles. The van der Waals surface area contributed by atoms with Gasteiger partial charge in [0.2, 0.25) is 0 Å². The quantitative estimate of drug-likeness (QED) is 0.752. The maximum atomic E-state index is 12.7. The van der Waals surface area contributed by atoms with Gasteiger partial charge in [0, 0.05) is 12.6 Å². The first-order valence-electron chi connectivity index (χ1n) is 7.54. The van der Waals surface area contributed by atoms with E-state index in [1.807, 2.05) is 24.3 Å². The zero-order valence-corrected chi connectivity index (χ0v) is 12.3. The average Bonchev–Trinajstić information content (AvgIpc) is 3.21. The molecule has 2 aromatic heterocycles. The van der Waals surface area contributed by atoms with Gasteiger partial charge in [-0.15, -0.1) is 0 Å². The van der Waals surface area contributed by atoms with E-state index in [-0.39, 0.29) is 23.2 Å². The molecule has 1 atom stereocenters. The van der Waals surface area contributed by atoms with Gasteiger partial charge in [0.15, 0.2) is 0 Å². The lowest BCUT2D eigenvalue weighted by Gasteiger charge is -2.22. The second kappa shape index (κ2) is 5.35. The highest BCUT2D eigenvalue weighted by Gasteiger charge is 2.33. The van der Waals surface area contributed by atoms with Gasteiger partial charge in [-0.3, -0.25) is 9.59 Å². The Balaban J connectivity index is 1.67. The number of hydrogen-bond acceptors (Lipinski definition) is 4. The summed E-state index contributed by atoms with van der Waals surface area (Å²) in [4.78, 5) is 33.4. The van der Waals surface area contributed by atoms with Crippen molar-refractivity contribution in [2.45, 2.75) is 18.9 Å². The predicted molar refractivity (Wildman–Crippen MR) is 84.0 cm³/mol. The minimum Gasteiger partial charge on any atom is -0.340 e. The number of aromatic amines is 2. The summed E-state index contributed by atoms with van der Waals surface area (Å²) in [6.07, 6.45) is 1.77. The molecule has 3 aromatic rings. The van der Waals surface area contributed by atoms with Crippen LogP contribution in [0.15, 0.2) is 41.2 Å². The molecule has 0 radical (unpaired) electrons. The Kier molecular flexibility index (Phi) is 3.18. The van der Waals surface area contributed by atoms with Crippen LogP contribution in [-0.2, 0) is 0 Å². The molecule has 0 bridgehead atoms. The lowest BCUT2D eigenvalue weighted by atomic mass is 10.2. The van der Waals surface area contributed by atoms with Crippen molar-refractivity contribution in [1.29, 1.82) is 0 Å². The number of fused-ring (bicyclic) bond motifs is 1. The number of para-hydroxylation sites is 2. The second-order valence-corrected chi connectivity index (χ2v) is 5.60. The zero-order valence-electron chi connectivity index (χ0n) is 12.3. The zero-order chi connectivity index (χ0) is 15.8. The van der Waals surface area contributed by atoms with Gasteiger partial charge in [0.1, 0.15) is 11.5 Å². The summed E-state index contributed by atoms with van der Waals surface area (Å²) in [7, 11) is 0. The first-order chi connectivity index (χ1) is 11.2. The Bertz CT molecular complexity index is 876. The van der Waals surface area contributed by atoms with Gasteiger partial charge in [-0.05, 0) is 31.0 Å². The van der Waals surface area contributed by atoms with Crippen LogP contribution in [0.5, 0.6) is 0 Å². The molecule has 1 saturated heterocycles. The molecule has 1 aliphatic rings. The second-order valence-electron chi connectivity index (χ2n) is 5.60. The third-order valence-electron chi connectivity index (χ3n) is 4.14. The molecule has 1 fully saturated rings. The molecule has 2 N–H and O–H groups in total. The van der Waals surface area contributed by atoms with E-state index < -0.39 is 0 Å². The topological polar surface area (TPSA) is 94.7 Å². The van der Waals surface area contributed by atoms with Crippen LogP contribution in [0.4, 0.5) is 0 Å². The van der Waals surface area contributed by atoms with Crippen LogP contribution in [0.1, 0.15) is 35.2 Å². The first kappa shape index (κ1) is 13.7. The van der Waals surface area contributed by atoms with Crippen LogP contribution in [0, 0.1) is 0 Å². The number of likely N-dealkylation sites (tertiary alicyclic amines) is 1. The van der Waals surface area contributed by atoms with E-state index in [0.717, 1.165) is 29.7 Å². The molecule has 0 saturated carbocycles. The van der Waals surface area contributed by atoms with Crippen LogP contribution >= 0.6 is 0 Å². The van der Waals surface area contributed by atoms with Crippen molar-refractivity contribution in [3.63, 3.8) is 0 Å². The fourth-order valence-corrected chi connectivity index (χ4v) is 3.04. The SMILES string of the molecule is O=C(c1ccc(=O)[nH]n1)N1CCC[C@H]1c1nc2ccccc2[nH]1. The first-order valence-corrected chi connectivity index (χ1v) is 7.54. The molecule has 116 valence electrons. The summed E-state index contributed by atoms with van der Waals surface area (Å²) in [5.41, 5.74) is 1.78. The molecule has 4 rings (SSSR count). The van der Waals surface area contributed by atoms with Gasteiger partial charge in [-0.25, -0.2) is 10.1 Å². The Labute approximate surface area is 131 Å². The summed E-state index contributed by atoms with van der Waals surface area (Å²) in [6.45, 7) is 0.654. The van der Waals surface area contributed by atoms with Crippen LogP contribution in [0.2, 0.25) is 0 Å². The largest absolute Gasteiger partial charge is 0.340 e. The van der Waals surface area contributed by atoms with E-state index in [9.17, 15) is 9.59 Å². The van der Waals surface area contributed by atoms with E-state index in [2.05, 4.69) is 20.2 Å². The fraction of sp³-hybridized carbons (Fsp3) is 0.250. The summed E-state index contributed by atoms with van der Waals surface area (Å²) in [5, 5.41) is 6.14. The number of rotatable bonds is 2. The Hall–Kier alpha value is -2.96. The van der Waals surface area contributed by atoms with Crippen LogP contribution in [0.25, 0.3) is 11.0 Å². The third kappa shape index (κ3) is 2.40. The molecule has 0 unspecified atom stereocenters. The lowest BCUT2D eigenvalue weighted by molar-refractivity contribution is 0.0723. The van der Waals surface area contributed by atoms with Gasteiger partial charge in [0.25, 0.3) is 11.5 Å². The van der Waals surface area contributed by atoms with Gasteiger partial charge in [-0.2, -0.15) is 5.10 Å². The van der Waals surface area contributed by atoms with Crippen molar-refractivity contribution >= 4 is 16.9 Å². The van der Waals surface area contributed by atoms with Crippen molar-refractivity contribution in [1.82, 2.24) is 25.1 Å². The van der Waals surface area contributed by atoms with Crippen molar-refractivity contribution in [2.24, 2.45) is 0 Å². The van der Waals surface area contributed by atoms with Gasteiger partial charge < -0.3 is 9.88 Å². The fourth-order valence-electron chi connectivity index (χ4n) is 3.04. The van der Waals surface area contributed by atoms with Crippen molar-refractivity contribution < 1.29 is 4.79 Å². The molecular formula is C16H15N5O2. The molecule has 7 nitrogen and oxygen atoms in total. The summed E-state index contributed by atoms with van der Waals surface area (Å²) in [5.74, 6) is 0.602. The molecule has 7 heteroatoms. The number of amides is 1. The number of H-pyrrole nitrogens is 2. The highest BCUT2D eigenvalue weighted by molar-refractivity contribution is 5.92. The number of carbonyl (C=O) groups is 1. The number of hydrogen-bond donors (Lipinski definition) is 2. The highest BCUT2D eigenvalue weighted by atomic mass is 16.2. The highest BCUT2D eigenvalue weighted by Crippen LogP contribution is 2.32. The molecule has 0 spiro atoms. The standard InChI is InChI=1S/C16H15N5O2/c22-14-8-7-12(19-20-14)16(23)21-9-3-6-13(21)15-17-10-4-1-2-5-11(10)18-15/h1-2,4-5,7-8,13H,3,6,9H2,(H,17,18)(H,20,22)/t13-/m0/s1. The average molecular weight is 309 g/mol. The molecule has 1 aliphatic heterocycles. The smallest absolute Gasteiger partial charge is 0.274 e. The third-order valence-corrected chi connectivity index (χ3v) is 4.14. The van der Waals surface area contributed by atoms with E-state index in [4.69, 9.17) is 0 Å². The number of imidazole rings is 1. The Morgan fingerprint density at radius 1 is 1.22 bits per heavy atom. The Morgan fingerprint density at radius 3 is 2.87 bits per heavy atom. The minimum absolute atomic E-state index is 0.0939. The molecule has 0 aliphatic carbocycles. The molecule has 1 amide bonds. The Morgan fingerprint density at radius 2 is 2.09 bits per heavy atom. The number of nitrogens with zero attached hydrogens (tertiary/aromatic N) is 3. The van der Waals surface area contributed by atoms with Crippen molar-refractivity contribution in [2.75, 3.05) is 6.54 Å². The van der Waals surface area contributed by atoms with Gasteiger partial charge in [-0.1, -0.05) is 12.1 Å². The normalized spacial score (nSPS) is 17.7. The van der Waals surface area contributed by atoms with Gasteiger partial charge >= 0.3 is 0 Å². The number of nitrogens with one attached hydrogen (secondary N) is 2. The van der Waals surface area contributed by atoms with E-state index in [0.29, 0.717) is 6.54 Å². The van der Waals surface area contributed by atoms with E-state index >= 15 is 0 Å². The van der Waals surface area contributed by atoms with Crippen molar-refractivity contribution in [3.05, 3.63) is 58.3 Å². The van der Waals surface area contributed by atoms with E-state index in [1.54, 1.807) is 4.90 Å². The number of aromatic nitrogens is 4. The minimum atomic E-state index is -0.322. The molecule has 1 aromatic carbocycles. The molecular weight excluding hydrogens is 294 g/mol. The number of benzene rings is 1. The van der Waals surface area contributed by atoms with Crippen molar-refractivity contribution in [3.8, 4) is 0 Å². The summed E-state index contributed by atoms with van der Waals surface area (Å²) < 4.78 is 0. The van der Waals surface area contributed by atoms with Crippen LogP contribution in [-0.4, -0.2) is 37.5 Å². The maximum absolute atomic E-state index is 12.7. The summed E-state index contributed by atoms with van der Waals surface area (Å²) in [6, 6.07) is 10.5. The molecule has 23 heavy (non-hydrogen) atoms. The number of carbonyl (C=O) groups excluding carboxylic acids is 1. The predicted octanol–water partition coefficient (Wildman–Crippen LogP) is 1.62. The maximum Gasteiger partial charge on any atom is 0.274 e. The summed E-state index contributed by atoms with van der Waals surface area (Å²) >= 11 is 0. The van der Waals surface area contributed by atoms with Crippen LogP contribution in [0.3, 0.4) is 0 Å². The van der Waals surface area contributed by atoms with Crippen LogP contribution < -0.4 is 5.56 Å². The van der Waals surface area contributed by atoms with E-state index in [1.165, 1.54) is 12.1 Å². The lowest BCUT2D eigenvalue weighted by Crippen LogP contribution is -2.32. The van der Waals surface area contributed by atoms with Gasteiger partial charge in [0.05, 0.1) is 17.1 Å². The monoisotopic (exact) mass is 309 g/mol.